The minimum atomic E-state index is -0.548. The van der Waals surface area contributed by atoms with Crippen LogP contribution < -0.4 is 10.1 Å². The molecule has 0 fully saturated rings. The van der Waals surface area contributed by atoms with Crippen LogP contribution in [0.4, 0.5) is 0 Å². The molecule has 2 aromatic rings. The van der Waals surface area contributed by atoms with E-state index in [0.717, 1.165) is 11.1 Å². The average molecular weight is 439 g/mol. The monoisotopic (exact) mass is 438 g/mol. The largest absolute Gasteiger partial charge is 0.484 e. The quantitative estimate of drug-likeness (QED) is 0.532. The van der Waals surface area contributed by atoms with Crippen LogP contribution in [0.15, 0.2) is 48.5 Å². The maximum Gasteiger partial charge on any atom is 0.261 e. The molecular formula is C27H38N2O3. The Balaban J connectivity index is 2.18. The second-order valence-corrected chi connectivity index (χ2v) is 9.02. The Hall–Kier alpha value is -2.82. The van der Waals surface area contributed by atoms with Crippen LogP contribution in [0.5, 0.6) is 5.75 Å². The molecule has 0 spiro atoms. The Kier molecular flexibility index (Phi) is 9.76. The molecule has 5 heteroatoms. The Morgan fingerprint density at radius 3 is 2.22 bits per heavy atom. The molecule has 0 aliphatic rings. The maximum atomic E-state index is 13.3. The molecule has 0 saturated carbocycles. The van der Waals surface area contributed by atoms with Gasteiger partial charge in [0.15, 0.2) is 6.61 Å². The highest BCUT2D eigenvalue weighted by Gasteiger charge is 2.29. The molecule has 1 N–H and O–H groups in total. The summed E-state index contributed by atoms with van der Waals surface area (Å²) >= 11 is 0. The van der Waals surface area contributed by atoms with E-state index in [4.69, 9.17) is 4.74 Å². The smallest absolute Gasteiger partial charge is 0.261 e. The molecule has 0 unspecified atom stereocenters. The topological polar surface area (TPSA) is 58.6 Å². The molecule has 0 aromatic heterocycles. The van der Waals surface area contributed by atoms with Crippen molar-refractivity contribution in [3.8, 4) is 5.75 Å². The highest BCUT2D eigenvalue weighted by atomic mass is 16.5. The third-order valence-electron chi connectivity index (χ3n) is 5.58. The lowest BCUT2D eigenvalue weighted by Crippen LogP contribution is -2.50. The van der Waals surface area contributed by atoms with Crippen LogP contribution in [-0.4, -0.2) is 35.9 Å². The van der Waals surface area contributed by atoms with E-state index >= 15 is 0 Å². The Morgan fingerprint density at radius 2 is 1.66 bits per heavy atom. The minimum absolute atomic E-state index is 0.110. The average Bonchev–Trinajstić information content (AvgIpc) is 2.77. The van der Waals surface area contributed by atoms with E-state index in [-0.39, 0.29) is 18.4 Å². The standard InChI is InChI=1S/C27H38N2O3/c1-7-25(27(31)28-16-19(2)3)29(17-23-11-9-8-10-21(23)6)26(30)18-32-24-14-12-22(13-15-24)20(4)5/h8-15,19-20,25H,7,16-18H2,1-6H3,(H,28,31)/t25-/m0/s1. The molecule has 2 aromatic carbocycles. The summed E-state index contributed by atoms with van der Waals surface area (Å²) in [5, 5.41) is 2.99. The van der Waals surface area contributed by atoms with Gasteiger partial charge in [-0.15, -0.1) is 0 Å². The molecule has 32 heavy (non-hydrogen) atoms. The molecule has 2 rings (SSSR count). The first-order valence-electron chi connectivity index (χ1n) is 11.6. The van der Waals surface area contributed by atoms with Crippen LogP contribution in [0.25, 0.3) is 0 Å². The van der Waals surface area contributed by atoms with Crippen LogP contribution in [0.1, 0.15) is 63.6 Å². The van der Waals surface area contributed by atoms with Crippen molar-refractivity contribution in [3.63, 3.8) is 0 Å². The van der Waals surface area contributed by atoms with Crippen molar-refractivity contribution in [2.45, 2.75) is 66.5 Å². The van der Waals surface area contributed by atoms with Gasteiger partial charge in [-0.2, -0.15) is 0 Å². The molecule has 2 amide bonds. The summed E-state index contributed by atoms with van der Waals surface area (Å²) in [5.74, 6) is 1.10. The predicted octanol–water partition coefficient (Wildman–Crippen LogP) is 5.08. The van der Waals surface area contributed by atoms with Gasteiger partial charge in [0.2, 0.25) is 5.91 Å². The number of benzene rings is 2. The molecule has 0 saturated heterocycles. The second kappa shape index (κ2) is 12.3. The van der Waals surface area contributed by atoms with Gasteiger partial charge < -0.3 is 15.0 Å². The number of hydrogen-bond acceptors (Lipinski definition) is 3. The molecule has 174 valence electrons. The van der Waals surface area contributed by atoms with E-state index in [2.05, 4.69) is 33.0 Å². The SMILES string of the molecule is CC[C@@H](C(=O)NCC(C)C)N(Cc1ccccc1C)C(=O)COc1ccc(C(C)C)cc1. The van der Waals surface area contributed by atoms with Crippen LogP contribution in [0.3, 0.4) is 0 Å². The Morgan fingerprint density at radius 1 is 1.00 bits per heavy atom. The molecule has 5 nitrogen and oxygen atoms in total. The summed E-state index contributed by atoms with van der Waals surface area (Å²) in [6.07, 6.45) is 0.532. The van der Waals surface area contributed by atoms with E-state index in [9.17, 15) is 9.59 Å². The Bertz CT molecular complexity index is 875. The zero-order valence-corrected chi connectivity index (χ0v) is 20.4. The number of carbonyl (C=O) groups excluding carboxylic acids is 2. The zero-order valence-electron chi connectivity index (χ0n) is 20.4. The fourth-order valence-corrected chi connectivity index (χ4v) is 3.49. The molecule has 0 radical (unpaired) electrons. The number of nitrogens with zero attached hydrogens (tertiary/aromatic N) is 1. The molecule has 0 aliphatic heterocycles. The number of amides is 2. The summed E-state index contributed by atoms with van der Waals surface area (Å²) in [4.78, 5) is 27.9. The molecule has 0 bridgehead atoms. The van der Waals surface area contributed by atoms with Crippen molar-refractivity contribution in [1.82, 2.24) is 10.2 Å². The number of ether oxygens (including phenoxy) is 1. The maximum absolute atomic E-state index is 13.3. The number of aryl methyl sites for hydroxylation is 1. The van der Waals surface area contributed by atoms with Crippen LogP contribution >= 0.6 is 0 Å². The van der Waals surface area contributed by atoms with Gasteiger partial charge in [-0.25, -0.2) is 0 Å². The number of hydrogen-bond donors (Lipinski definition) is 1. The van der Waals surface area contributed by atoms with Crippen LogP contribution in [-0.2, 0) is 16.1 Å². The lowest BCUT2D eigenvalue weighted by Gasteiger charge is -2.31. The minimum Gasteiger partial charge on any atom is -0.484 e. The third-order valence-corrected chi connectivity index (χ3v) is 5.58. The summed E-state index contributed by atoms with van der Waals surface area (Å²) in [6.45, 7) is 13.2. The molecule has 1 atom stereocenters. The van der Waals surface area contributed by atoms with Gasteiger partial charge in [0, 0.05) is 13.1 Å². The van der Waals surface area contributed by atoms with Crippen LogP contribution in [0.2, 0.25) is 0 Å². The van der Waals surface area contributed by atoms with Gasteiger partial charge >= 0.3 is 0 Å². The van der Waals surface area contributed by atoms with Crippen LogP contribution in [0, 0.1) is 12.8 Å². The van der Waals surface area contributed by atoms with Gasteiger partial charge in [0.05, 0.1) is 0 Å². The first kappa shape index (κ1) is 25.4. The lowest BCUT2D eigenvalue weighted by atomic mass is 10.0. The van der Waals surface area contributed by atoms with Gasteiger partial charge in [0.25, 0.3) is 5.91 Å². The van der Waals surface area contributed by atoms with Crippen molar-refractivity contribution in [2.24, 2.45) is 5.92 Å². The first-order chi connectivity index (χ1) is 15.2. The number of rotatable bonds is 11. The van der Waals surface area contributed by atoms with E-state index in [1.165, 1.54) is 5.56 Å². The summed E-state index contributed by atoms with van der Waals surface area (Å²) < 4.78 is 5.80. The highest BCUT2D eigenvalue weighted by Crippen LogP contribution is 2.20. The van der Waals surface area contributed by atoms with Gasteiger partial charge in [-0.1, -0.05) is 71.0 Å². The van der Waals surface area contributed by atoms with E-state index < -0.39 is 6.04 Å². The van der Waals surface area contributed by atoms with Crippen molar-refractivity contribution in [3.05, 3.63) is 65.2 Å². The van der Waals surface area contributed by atoms with Crippen molar-refractivity contribution >= 4 is 11.8 Å². The fraction of sp³-hybridized carbons (Fsp3) is 0.481. The molecular weight excluding hydrogens is 400 g/mol. The van der Waals surface area contributed by atoms with Crippen molar-refractivity contribution < 1.29 is 14.3 Å². The zero-order chi connectivity index (χ0) is 23.7. The summed E-state index contributed by atoms with van der Waals surface area (Å²) in [5.41, 5.74) is 3.34. The predicted molar refractivity (Wildman–Crippen MR) is 130 cm³/mol. The fourth-order valence-electron chi connectivity index (χ4n) is 3.49. The normalized spacial score (nSPS) is 12.0. The van der Waals surface area contributed by atoms with E-state index in [1.54, 1.807) is 4.90 Å². The van der Waals surface area contributed by atoms with E-state index in [0.29, 0.717) is 37.1 Å². The number of carbonyl (C=O) groups is 2. The van der Waals surface area contributed by atoms with Gasteiger partial charge in [0.1, 0.15) is 11.8 Å². The van der Waals surface area contributed by atoms with Crippen molar-refractivity contribution in [2.75, 3.05) is 13.2 Å². The first-order valence-corrected chi connectivity index (χ1v) is 11.6. The number of nitrogens with one attached hydrogen (secondary N) is 1. The van der Waals surface area contributed by atoms with Crippen molar-refractivity contribution in [1.29, 1.82) is 0 Å². The van der Waals surface area contributed by atoms with Gasteiger partial charge in [-0.05, 0) is 54.0 Å². The summed E-state index contributed by atoms with van der Waals surface area (Å²) in [6, 6.07) is 15.2. The highest BCUT2D eigenvalue weighted by molar-refractivity contribution is 5.88. The molecule has 0 heterocycles. The van der Waals surface area contributed by atoms with Gasteiger partial charge in [-0.3, -0.25) is 9.59 Å². The molecule has 0 aliphatic carbocycles. The second-order valence-electron chi connectivity index (χ2n) is 9.02. The lowest BCUT2D eigenvalue weighted by molar-refractivity contribution is -0.143. The Labute approximate surface area is 193 Å². The summed E-state index contributed by atoms with van der Waals surface area (Å²) in [7, 11) is 0. The third kappa shape index (κ3) is 7.40. The van der Waals surface area contributed by atoms with E-state index in [1.807, 2.05) is 62.4 Å².